The second-order valence-electron chi connectivity index (χ2n) is 5.92. The number of rotatable bonds is 0. The van der Waals surface area contributed by atoms with E-state index in [0.29, 0.717) is 11.3 Å². The minimum absolute atomic E-state index is 0.379. The lowest BCUT2D eigenvalue weighted by Crippen LogP contribution is -2.54. The summed E-state index contributed by atoms with van der Waals surface area (Å²) < 4.78 is 0. The molecular formula is C13H20O. The van der Waals surface area contributed by atoms with Gasteiger partial charge in [-0.3, -0.25) is 0 Å². The van der Waals surface area contributed by atoms with Crippen molar-refractivity contribution in [1.29, 1.82) is 0 Å². The van der Waals surface area contributed by atoms with Crippen molar-refractivity contribution in [3.05, 3.63) is 12.2 Å². The van der Waals surface area contributed by atoms with Gasteiger partial charge in [-0.05, 0) is 62.7 Å². The maximum Gasteiger partial charge on any atom is 0.0656 e. The third-order valence-electron chi connectivity index (χ3n) is 5.04. The maximum absolute atomic E-state index is 10.4. The molecule has 2 bridgehead atoms. The second kappa shape index (κ2) is 2.63. The maximum atomic E-state index is 10.4. The summed E-state index contributed by atoms with van der Waals surface area (Å²) in [5.74, 6) is 1.47. The summed E-state index contributed by atoms with van der Waals surface area (Å²) in [4.78, 5) is 0. The first kappa shape index (κ1) is 8.96. The van der Waals surface area contributed by atoms with Crippen LogP contribution in [0.4, 0.5) is 0 Å². The molecule has 0 aromatic rings. The zero-order chi connectivity index (χ0) is 9.81. The summed E-state index contributed by atoms with van der Waals surface area (Å²) in [7, 11) is 0. The van der Waals surface area contributed by atoms with Gasteiger partial charge in [-0.2, -0.15) is 0 Å². The van der Waals surface area contributed by atoms with Crippen LogP contribution >= 0.6 is 0 Å². The van der Waals surface area contributed by atoms with Gasteiger partial charge in [0.1, 0.15) is 0 Å². The highest BCUT2D eigenvalue weighted by atomic mass is 16.3. The van der Waals surface area contributed by atoms with E-state index in [1.165, 1.54) is 32.1 Å². The summed E-state index contributed by atoms with van der Waals surface area (Å²) in [5.41, 5.74) is 0.00688. The molecule has 4 atom stereocenters. The van der Waals surface area contributed by atoms with Crippen LogP contribution in [-0.4, -0.2) is 10.7 Å². The van der Waals surface area contributed by atoms with Crippen LogP contribution in [0.2, 0.25) is 0 Å². The van der Waals surface area contributed by atoms with Crippen LogP contribution in [0.3, 0.4) is 0 Å². The molecule has 4 aliphatic rings. The van der Waals surface area contributed by atoms with E-state index in [-0.39, 0.29) is 5.60 Å². The molecule has 0 aliphatic heterocycles. The van der Waals surface area contributed by atoms with Gasteiger partial charge in [0.2, 0.25) is 0 Å². The van der Waals surface area contributed by atoms with Gasteiger partial charge in [-0.25, -0.2) is 0 Å². The quantitative estimate of drug-likeness (QED) is 0.585. The summed E-state index contributed by atoms with van der Waals surface area (Å²) >= 11 is 0. The standard InChI is InChI=1S/C13H20O/c1-12(14)9-13-6-3-2-4-11(13)8-10(12)5-7-13/h3,6,10-11,14H,2,4-5,7-9H2,1H3/t10-,11?,12?,13-/m0/s1. The molecule has 78 valence electrons. The van der Waals surface area contributed by atoms with E-state index in [1.807, 2.05) is 0 Å². The summed E-state index contributed by atoms with van der Waals surface area (Å²) in [6, 6.07) is 0. The molecule has 4 aliphatic carbocycles. The lowest BCUT2D eigenvalue weighted by Gasteiger charge is -2.58. The molecule has 0 radical (unpaired) electrons. The number of hydrogen-bond donors (Lipinski definition) is 1. The molecule has 1 nitrogen and oxygen atoms in total. The highest BCUT2D eigenvalue weighted by molar-refractivity contribution is 5.16. The van der Waals surface area contributed by atoms with Crippen molar-refractivity contribution >= 4 is 0 Å². The zero-order valence-electron chi connectivity index (χ0n) is 9.00. The Morgan fingerprint density at radius 2 is 2.14 bits per heavy atom. The third-order valence-corrected chi connectivity index (χ3v) is 5.04. The third kappa shape index (κ3) is 1.05. The molecule has 1 N–H and O–H groups in total. The molecule has 0 heterocycles. The molecule has 4 rings (SSSR count). The Morgan fingerprint density at radius 1 is 1.29 bits per heavy atom. The molecule has 1 heteroatoms. The van der Waals surface area contributed by atoms with E-state index in [4.69, 9.17) is 0 Å². The van der Waals surface area contributed by atoms with Gasteiger partial charge >= 0.3 is 0 Å². The number of hydrogen-bond acceptors (Lipinski definition) is 1. The van der Waals surface area contributed by atoms with Crippen molar-refractivity contribution in [1.82, 2.24) is 0 Å². The van der Waals surface area contributed by atoms with E-state index in [1.54, 1.807) is 0 Å². The van der Waals surface area contributed by atoms with Gasteiger partial charge in [0.25, 0.3) is 0 Å². The van der Waals surface area contributed by atoms with Crippen LogP contribution in [-0.2, 0) is 0 Å². The van der Waals surface area contributed by atoms with Crippen molar-refractivity contribution in [2.24, 2.45) is 17.3 Å². The fourth-order valence-corrected chi connectivity index (χ4v) is 4.25. The molecule has 3 fully saturated rings. The topological polar surface area (TPSA) is 20.2 Å². The molecule has 2 unspecified atom stereocenters. The lowest BCUT2D eigenvalue weighted by molar-refractivity contribution is -0.137. The van der Waals surface area contributed by atoms with E-state index in [9.17, 15) is 5.11 Å². The molecule has 0 aromatic heterocycles. The van der Waals surface area contributed by atoms with Crippen LogP contribution in [0.5, 0.6) is 0 Å². The van der Waals surface area contributed by atoms with E-state index >= 15 is 0 Å². The average molecular weight is 192 g/mol. The van der Waals surface area contributed by atoms with Gasteiger partial charge in [0, 0.05) is 0 Å². The second-order valence-corrected chi connectivity index (χ2v) is 5.92. The molecular weight excluding hydrogens is 172 g/mol. The highest BCUT2D eigenvalue weighted by Gasteiger charge is 2.55. The van der Waals surface area contributed by atoms with E-state index < -0.39 is 0 Å². The predicted molar refractivity (Wildman–Crippen MR) is 56.9 cm³/mol. The predicted octanol–water partition coefficient (Wildman–Crippen LogP) is 2.89. The summed E-state index contributed by atoms with van der Waals surface area (Å²) in [5, 5.41) is 10.4. The SMILES string of the molecule is CC1(O)C[C@@]23C=CCCC2C[C@@H]1CC3. The molecule has 0 aromatic carbocycles. The van der Waals surface area contributed by atoms with Crippen molar-refractivity contribution in [3.63, 3.8) is 0 Å². The van der Waals surface area contributed by atoms with Crippen LogP contribution in [0.15, 0.2) is 12.2 Å². The molecule has 1 spiro atoms. The van der Waals surface area contributed by atoms with Gasteiger partial charge in [0.05, 0.1) is 5.60 Å². The molecule has 0 saturated heterocycles. The first-order chi connectivity index (χ1) is 6.62. The van der Waals surface area contributed by atoms with Gasteiger partial charge < -0.3 is 5.11 Å². The Bertz CT molecular complexity index is 279. The van der Waals surface area contributed by atoms with Crippen LogP contribution < -0.4 is 0 Å². The minimum Gasteiger partial charge on any atom is -0.390 e. The van der Waals surface area contributed by atoms with E-state index in [0.717, 1.165) is 12.3 Å². The van der Waals surface area contributed by atoms with E-state index in [2.05, 4.69) is 19.1 Å². The molecule has 14 heavy (non-hydrogen) atoms. The lowest BCUT2D eigenvalue weighted by atomic mass is 9.48. The van der Waals surface area contributed by atoms with Crippen LogP contribution in [0.25, 0.3) is 0 Å². The van der Waals surface area contributed by atoms with Crippen LogP contribution in [0.1, 0.15) is 45.4 Å². The summed E-state index contributed by atoms with van der Waals surface area (Å²) in [6.45, 7) is 2.05. The Labute approximate surface area is 86.2 Å². The Kier molecular flexibility index (Phi) is 1.69. The zero-order valence-corrected chi connectivity index (χ0v) is 9.00. The van der Waals surface area contributed by atoms with Crippen LogP contribution in [0, 0.1) is 17.3 Å². The average Bonchev–Trinajstić information content (AvgIpc) is 2.15. The van der Waals surface area contributed by atoms with Gasteiger partial charge in [-0.15, -0.1) is 0 Å². The number of aliphatic hydroxyl groups is 1. The van der Waals surface area contributed by atoms with Crippen molar-refractivity contribution in [3.8, 4) is 0 Å². The fourth-order valence-electron chi connectivity index (χ4n) is 4.25. The van der Waals surface area contributed by atoms with Gasteiger partial charge in [0.15, 0.2) is 0 Å². The first-order valence-corrected chi connectivity index (χ1v) is 6.02. The first-order valence-electron chi connectivity index (χ1n) is 6.02. The number of allylic oxidation sites excluding steroid dienone is 2. The Balaban J connectivity index is 1.99. The Hall–Kier alpha value is -0.300. The number of fused-ring (bicyclic) bond motifs is 2. The molecule has 0 amide bonds. The largest absolute Gasteiger partial charge is 0.390 e. The van der Waals surface area contributed by atoms with Crippen molar-refractivity contribution < 1.29 is 5.11 Å². The monoisotopic (exact) mass is 192 g/mol. The van der Waals surface area contributed by atoms with Crippen molar-refractivity contribution in [2.75, 3.05) is 0 Å². The van der Waals surface area contributed by atoms with Gasteiger partial charge in [-0.1, -0.05) is 12.2 Å². The Morgan fingerprint density at radius 3 is 2.93 bits per heavy atom. The summed E-state index contributed by atoms with van der Waals surface area (Å²) in [6.07, 6.45) is 12.3. The smallest absolute Gasteiger partial charge is 0.0656 e. The fraction of sp³-hybridized carbons (Fsp3) is 0.846. The van der Waals surface area contributed by atoms with Crippen molar-refractivity contribution in [2.45, 2.75) is 51.0 Å². The molecule has 3 saturated carbocycles. The normalized spacial score (nSPS) is 55.9. The minimum atomic E-state index is -0.379. The highest BCUT2D eigenvalue weighted by Crippen LogP contribution is 2.60.